The number of nitrogens with one attached hydrogen (secondary N) is 1. The number of hydrogen-bond acceptors (Lipinski definition) is 5. The zero-order valence-electron chi connectivity index (χ0n) is 48.2. The first-order chi connectivity index (χ1) is 34.5. The molecule has 0 saturated heterocycles. The van der Waals surface area contributed by atoms with Crippen LogP contribution in [-0.2, 0) is 18.4 Å². The Labute approximate surface area is 443 Å². The highest BCUT2D eigenvalue weighted by Gasteiger charge is 2.27. The molecule has 0 spiro atoms. The third-order valence-electron chi connectivity index (χ3n) is 14.4. The third kappa shape index (κ3) is 56.5. The molecule has 0 fully saturated rings. The maximum absolute atomic E-state index is 13.0. The summed E-state index contributed by atoms with van der Waals surface area (Å²) in [4.78, 5) is 23.3. The lowest BCUT2D eigenvalue weighted by molar-refractivity contribution is -0.870. The van der Waals surface area contributed by atoms with E-state index >= 15 is 0 Å². The topological polar surface area (TPSA) is 105 Å². The van der Waals surface area contributed by atoms with E-state index in [-0.39, 0.29) is 19.1 Å². The molecule has 0 rings (SSSR count). The SMILES string of the molecule is CCCCCCCCCC/C=C\CCCCCCCCCCCCCCCCCCCCCCCCCC(=O)NC(COP(=O)(O)OCC[N+](C)(C)C)C(O)/C=C/CCCCCCCCCCCCCC. The molecule has 0 radical (unpaired) electrons. The molecule has 0 aliphatic heterocycles. The van der Waals surface area contributed by atoms with Gasteiger partial charge in [0.15, 0.2) is 0 Å². The van der Waals surface area contributed by atoms with Gasteiger partial charge in [-0.3, -0.25) is 13.8 Å². The number of hydrogen-bond donors (Lipinski definition) is 3. The van der Waals surface area contributed by atoms with Crippen molar-refractivity contribution in [3.05, 3.63) is 24.3 Å². The minimum Gasteiger partial charge on any atom is -0.387 e. The second kappa shape index (κ2) is 53.8. The molecule has 8 nitrogen and oxygen atoms in total. The summed E-state index contributed by atoms with van der Waals surface area (Å²) in [5, 5.41) is 13.9. The minimum absolute atomic E-state index is 0.0642. The van der Waals surface area contributed by atoms with Crippen molar-refractivity contribution >= 4 is 13.7 Å². The highest BCUT2D eigenvalue weighted by Crippen LogP contribution is 2.43. The van der Waals surface area contributed by atoms with Crippen molar-refractivity contribution in [1.82, 2.24) is 5.32 Å². The van der Waals surface area contributed by atoms with E-state index in [2.05, 4.69) is 31.3 Å². The molecule has 0 aromatic rings. The quantitative estimate of drug-likeness (QED) is 0.0243. The molecule has 0 saturated carbocycles. The van der Waals surface area contributed by atoms with Gasteiger partial charge in [-0.25, -0.2) is 4.57 Å². The summed E-state index contributed by atoms with van der Waals surface area (Å²) in [6, 6.07) is -0.843. The predicted octanol–water partition coefficient (Wildman–Crippen LogP) is 19.2. The molecule has 0 aromatic heterocycles. The largest absolute Gasteiger partial charge is 0.472 e. The molecule has 422 valence electrons. The Hall–Kier alpha value is -1.02. The van der Waals surface area contributed by atoms with Crippen LogP contribution < -0.4 is 5.32 Å². The lowest BCUT2D eigenvalue weighted by Gasteiger charge is -2.25. The number of amides is 1. The number of carbonyl (C=O) groups excluding carboxylic acids is 1. The number of nitrogens with zero attached hydrogens (tertiary/aromatic N) is 1. The number of aliphatic hydroxyl groups is 1. The monoisotopic (exact) mass is 1020 g/mol. The number of unbranched alkanes of at least 4 members (excludes halogenated alkanes) is 43. The maximum Gasteiger partial charge on any atom is 0.472 e. The summed E-state index contributed by atoms with van der Waals surface area (Å²) in [7, 11) is 1.59. The number of rotatable bonds is 58. The van der Waals surface area contributed by atoms with E-state index in [9.17, 15) is 19.4 Å². The Balaban J connectivity index is 3.93. The first-order valence-corrected chi connectivity index (χ1v) is 32.7. The summed E-state index contributed by atoms with van der Waals surface area (Å²) < 4.78 is 23.7. The van der Waals surface area contributed by atoms with Crippen LogP contribution in [0.3, 0.4) is 0 Å². The fourth-order valence-electron chi connectivity index (χ4n) is 9.51. The molecule has 0 aliphatic rings. The number of allylic oxidation sites excluding steroid dienone is 3. The van der Waals surface area contributed by atoms with Gasteiger partial charge in [0.1, 0.15) is 13.2 Å². The van der Waals surface area contributed by atoms with Crippen molar-refractivity contribution in [2.24, 2.45) is 0 Å². The molecule has 0 bridgehead atoms. The fourth-order valence-corrected chi connectivity index (χ4v) is 10.2. The summed E-state index contributed by atoms with van der Waals surface area (Å²) in [5.41, 5.74) is 0. The van der Waals surface area contributed by atoms with Crippen LogP contribution in [0.15, 0.2) is 24.3 Å². The average Bonchev–Trinajstić information content (AvgIpc) is 3.33. The maximum atomic E-state index is 13.0. The van der Waals surface area contributed by atoms with Crippen molar-refractivity contribution in [1.29, 1.82) is 0 Å². The lowest BCUT2D eigenvalue weighted by atomic mass is 10.0. The number of phosphoric ester groups is 1. The van der Waals surface area contributed by atoms with E-state index in [0.717, 1.165) is 38.5 Å². The van der Waals surface area contributed by atoms with Crippen LogP contribution in [0.4, 0.5) is 0 Å². The van der Waals surface area contributed by atoms with E-state index in [1.54, 1.807) is 6.08 Å². The summed E-state index contributed by atoms with van der Waals surface area (Å²) in [5.74, 6) is -0.171. The van der Waals surface area contributed by atoms with Gasteiger partial charge in [-0.05, 0) is 44.9 Å². The lowest BCUT2D eigenvalue weighted by Crippen LogP contribution is -2.45. The number of phosphoric acid groups is 1. The van der Waals surface area contributed by atoms with Crippen molar-refractivity contribution in [2.45, 2.75) is 328 Å². The van der Waals surface area contributed by atoms with Gasteiger partial charge < -0.3 is 19.8 Å². The first-order valence-electron chi connectivity index (χ1n) is 31.2. The van der Waals surface area contributed by atoms with Crippen LogP contribution >= 0.6 is 7.82 Å². The standard InChI is InChI=1S/C62H123N2O6P/c1-6-8-10-12-14-16-18-20-22-23-24-25-26-27-28-29-30-31-32-33-34-35-36-37-38-39-40-41-42-44-46-48-50-52-54-56-62(66)63-60(59-70-71(67,68)69-58-57-64(3,4)5)61(65)55-53-51-49-47-45-43-21-19-17-15-13-11-9-7-2/h23-24,53,55,60-61,65H,6-22,25-52,54,56-59H2,1-5H3,(H-,63,66,67,68)/p+1/b24-23-,55-53+. The molecule has 0 aliphatic carbocycles. The smallest absolute Gasteiger partial charge is 0.387 e. The van der Waals surface area contributed by atoms with E-state index in [1.165, 1.54) is 257 Å². The van der Waals surface area contributed by atoms with Crippen LogP contribution in [0.2, 0.25) is 0 Å². The van der Waals surface area contributed by atoms with Gasteiger partial charge in [0.25, 0.3) is 0 Å². The predicted molar refractivity (Wildman–Crippen MR) is 309 cm³/mol. The van der Waals surface area contributed by atoms with Gasteiger partial charge in [0.05, 0.1) is 39.9 Å². The Morgan fingerprint density at radius 3 is 1.08 bits per heavy atom. The summed E-state index contributed by atoms with van der Waals surface area (Å²) in [6.07, 6.45) is 68.8. The van der Waals surface area contributed by atoms with Gasteiger partial charge in [0, 0.05) is 6.42 Å². The first kappa shape index (κ1) is 70.0. The Morgan fingerprint density at radius 1 is 0.465 bits per heavy atom. The molecular formula is C62H124N2O6P+. The number of aliphatic hydroxyl groups excluding tert-OH is 1. The molecule has 0 heterocycles. The van der Waals surface area contributed by atoms with Gasteiger partial charge in [-0.15, -0.1) is 0 Å². The van der Waals surface area contributed by atoms with Crippen molar-refractivity contribution in [2.75, 3.05) is 40.9 Å². The number of likely N-dealkylation sites (N-methyl/N-ethyl adjacent to an activating group) is 1. The van der Waals surface area contributed by atoms with Gasteiger partial charge in [-0.1, -0.05) is 289 Å². The Morgan fingerprint density at radius 2 is 0.761 bits per heavy atom. The van der Waals surface area contributed by atoms with Gasteiger partial charge >= 0.3 is 7.82 Å². The molecule has 3 unspecified atom stereocenters. The van der Waals surface area contributed by atoms with Crippen molar-refractivity contribution < 1.29 is 32.9 Å². The number of carbonyl (C=O) groups is 1. The van der Waals surface area contributed by atoms with E-state index in [1.807, 2.05) is 27.2 Å². The Bertz CT molecular complexity index is 1210. The normalized spacial score (nSPS) is 14.0. The molecule has 71 heavy (non-hydrogen) atoms. The second-order valence-electron chi connectivity index (χ2n) is 22.8. The molecule has 0 aromatic carbocycles. The van der Waals surface area contributed by atoms with Crippen LogP contribution in [0.25, 0.3) is 0 Å². The minimum atomic E-state index is -4.34. The fraction of sp³-hybridized carbons (Fsp3) is 0.919. The summed E-state index contributed by atoms with van der Waals surface area (Å²) >= 11 is 0. The average molecular weight is 1020 g/mol. The zero-order valence-corrected chi connectivity index (χ0v) is 49.1. The zero-order chi connectivity index (χ0) is 52.0. The van der Waals surface area contributed by atoms with Crippen molar-refractivity contribution in [3.8, 4) is 0 Å². The van der Waals surface area contributed by atoms with Gasteiger partial charge in [-0.2, -0.15) is 0 Å². The van der Waals surface area contributed by atoms with Crippen LogP contribution in [-0.4, -0.2) is 73.4 Å². The molecule has 3 atom stereocenters. The Kier molecular flexibility index (Phi) is 53.0. The van der Waals surface area contributed by atoms with Crippen molar-refractivity contribution in [3.63, 3.8) is 0 Å². The highest BCUT2D eigenvalue weighted by atomic mass is 31.2. The summed E-state index contributed by atoms with van der Waals surface area (Å²) in [6.45, 7) is 4.85. The molecule has 3 N–H and O–H groups in total. The third-order valence-corrected chi connectivity index (χ3v) is 15.4. The molecular weight excluding hydrogens is 900 g/mol. The van der Waals surface area contributed by atoms with E-state index in [4.69, 9.17) is 9.05 Å². The molecule has 1 amide bonds. The van der Waals surface area contributed by atoms with Crippen LogP contribution in [0, 0.1) is 0 Å². The van der Waals surface area contributed by atoms with Crippen LogP contribution in [0.5, 0.6) is 0 Å². The van der Waals surface area contributed by atoms with Crippen LogP contribution in [0.1, 0.15) is 316 Å². The number of quaternary nitrogens is 1. The van der Waals surface area contributed by atoms with Gasteiger partial charge in [0.2, 0.25) is 5.91 Å². The molecule has 9 heteroatoms. The van der Waals surface area contributed by atoms with E-state index in [0.29, 0.717) is 17.4 Å². The van der Waals surface area contributed by atoms with E-state index < -0.39 is 20.0 Å². The highest BCUT2D eigenvalue weighted by molar-refractivity contribution is 7.47. The second-order valence-corrected chi connectivity index (χ2v) is 24.2.